The van der Waals surface area contributed by atoms with Gasteiger partial charge in [0.25, 0.3) is 0 Å². The van der Waals surface area contributed by atoms with E-state index in [4.69, 9.17) is 5.73 Å². The average Bonchev–Trinajstić information content (AvgIpc) is 1.88. The Bertz CT molecular complexity index is 206. The van der Waals surface area contributed by atoms with E-state index in [0.717, 1.165) is 5.69 Å². The van der Waals surface area contributed by atoms with E-state index in [9.17, 15) is 0 Å². The summed E-state index contributed by atoms with van der Waals surface area (Å²) in [7, 11) is 3.97. The Labute approximate surface area is 79.6 Å². The van der Waals surface area contributed by atoms with Crippen LogP contribution in [0.1, 0.15) is 0 Å². The molecular formula is C8H11LiN2. The fraction of sp³-hybridized carbons (Fsp3) is 0.250. The summed E-state index contributed by atoms with van der Waals surface area (Å²) in [6.07, 6.45) is 0. The quantitative estimate of drug-likeness (QED) is 0.483. The molecule has 1 rings (SSSR count). The van der Waals surface area contributed by atoms with Crippen LogP contribution in [0.3, 0.4) is 0 Å². The first-order valence-electron chi connectivity index (χ1n) is 3.19. The monoisotopic (exact) mass is 142 g/mol. The Morgan fingerprint density at radius 2 is 1.55 bits per heavy atom. The van der Waals surface area contributed by atoms with Crippen LogP contribution in [0.25, 0.3) is 5.73 Å². The predicted octanol–water partition coefficient (Wildman–Crippen LogP) is -0.560. The van der Waals surface area contributed by atoms with Crippen LogP contribution >= 0.6 is 0 Å². The van der Waals surface area contributed by atoms with Crippen molar-refractivity contribution in [3.8, 4) is 0 Å². The van der Waals surface area contributed by atoms with Crippen molar-refractivity contribution in [3.63, 3.8) is 0 Å². The molecule has 1 aromatic rings. The normalized spacial score (nSPS) is 8.55. The molecule has 1 N–H and O–H groups in total. The van der Waals surface area contributed by atoms with Gasteiger partial charge in [0, 0.05) is 19.8 Å². The van der Waals surface area contributed by atoms with Gasteiger partial charge in [0.15, 0.2) is 0 Å². The molecular weight excluding hydrogens is 131 g/mol. The largest absolute Gasteiger partial charge is 1.00 e. The molecule has 2 nitrogen and oxygen atoms in total. The second kappa shape index (κ2) is 4.33. The Balaban J connectivity index is 0.000001000. The van der Waals surface area contributed by atoms with Gasteiger partial charge in [0.2, 0.25) is 0 Å². The third-order valence-corrected chi connectivity index (χ3v) is 1.38. The molecule has 0 unspecified atom stereocenters. The zero-order valence-corrected chi connectivity index (χ0v) is 7.26. The van der Waals surface area contributed by atoms with Gasteiger partial charge < -0.3 is 10.6 Å². The van der Waals surface area contributed by atoms with Crippen LogP contribution in [0, 0.1) is 0 Å². The zero-order chi connectivity index (χ0) is 7.56. The molecule has 0 bridgehead atoms. The Morgan fingerprint density at radius 3 is 1.91 bits per heavy atom. The van der Waals surface area contributed by atoms with Crippen molar-refractivity contribution in [1.82, 2.24) is 0 Å². The summed E-state index contributed by atoms with van der Waals surface area (Å²) in [4.78, 5) is 2.01. The molecule has 1 aromatic carbocycles. The van der Waals surface area contributed by atoms with Crippen molar-refractivity contribution in [2.24, 2.45) is 0 Å². The van der Waals surface area contributed by atoms with E-state index in [-0.39, 0.29) is 18.9 Å². The van der Waals surface area contributed by atoms with Crippen molar-refractivity contribution in [2.45, 2.75) is 0 Å². The predicted molar refractivity (Wildman–Crippen MR) is 44.8 cm³/mol. The molecule has 11 heavy (non-hydrogen) atoms. The molecule has 0 radical (unpaired) electrons. The fourth-order valence-electron chi connectivity index (χ4n) is 0.760. The van der Waals surface area contributed by atoms with Crippen LogP contribution in [0.5, 0.6) is 0 Å². The summed E-state index contributed by atoms with van der Waals surface area (Å²) in [5, 5.41) is 0. The van der Waals surface area contributed by atoms with E-state index in [1.807, 2.05) is 31.1 Å². The summed E-state index contributed by atoms with van der Waals surface area (Å²) in [5.41, 5.74) is 8.91. The van der Waals surface area contributed by atoms with Crippen LogP contribution in [-0.4, -0.2) is 14.1 Å². The van der Waals surface area contributed by atoms with Crippen LogP contribution in [-0.2, 0) is 0 Å². The zero-order valence-electron chi connectivity index (χ0n) is 7.26. The third kappa shape index (κ3) is 2.88. The molecule has 0 aliphatic heterocycles. The maximum atomic E-state index is 7.21. The van der Waals surface area contributed by atoms with Gasteiger partial charge in [-0.1, -0.05) is 12.1 Å². The Kier molecular flexibility index (Phi) is 4.10. The minimum Gasteiger partial charge on any atom is -0.699 e. The number of rotatable bonds is 1. The molecule has 3 heteroatoms. The van der Waals surface area contributed by atoms with Crippen molar-refractivity contribution in [1.29, 1.82) is 0 Å². The molecule has 0 amide bonds. The second-order valence-corrected chi connectivity index (χ2v) is 2.44. The van der Waals surface area contributed by atoms with Gasteiger partial charge in [-0.15, -0.1) is 5.69 Å². The molecule has 0 atom stereocenters. The first-order valence-corrected chi connectivity index (χ1v) is 3.19. The molecule has 0 spiro atoms. The van der Waals surface area contributed by atoms with Crippen LogP contribution in [0.4, 0.5) is 11.4 Å². The van der Waals surface area contributed by atoms with Crippen molar-refractivity contribution in [3.05, 3.63) is 30.0 Å². The first kappa shape index (κ1) is 10.4. The number of hydrogen-bond donors (Lipinski definition) is 0. The summed E-state index contributed by atoms with van der Waals surface area (Å²) < 4.78 is 0. The molecule has 0 saturated carbocycles. The minimum absolute atomic E-state index is 0. The van der Waals surface area contributed by atoms with Gasteiger partial charge >= 0.3 is 18.9 Å². The van der Waals surface area contributed by atoms with E-state index in [1.54, 1.807) is 12.1 Å². The third-order valence-electron chi connectivity index (χ3n) is 1.38. The standard InChI is InChI=1S/C8H11N2.Li/c1-10(2)8-5-3-7(9)4-6-8;/h3-6,9H,1-2H3;/q-1;+1. The molecule has 0 aliphatic carbocycles. The summed E-state index contributed by atoms with van der Waals surface area (Å²) in [6, 6.07) is 7.44. The van der Waals surface area contributed by atoms with E-state index in [0.29, 0.717) is 5.69 Å². The summed E-state index contributed by atoms with van der Waals surface area (Å²) >= 11 is 0. The maximum Gasteiger partial charge on any atom is 1.00 e. The van der Waals surface area contributed by atoms with Gasteiger partial charge in [0.1, 0.15) is 0 Å². The number of benzene rings is 1. The van der Waals surface area contributed by atoms with E-state index in [1.165, 1.54) is 0 Å². The maximum absolute atomic E-state index is 7.21. The molecule has 0 heterocycles. The number of nitrogens with zero attached hydrogens (tertiary/aromatic N) is 1. The fourth-order valence-corrected chi connectivity index (χ4v) is 0.760. The average molecular weight is 142 g/mol. The van der Waals surface area contributed by atoms with Crippen LogP contribution in [0.2, 0.25) is 0 Å². The SMILES string of the molecule is CN(C)c1ccc([NH-])cc1.[Li+]. The molecule has 0 saturated heterocycles. The van der Waals surface area contributed by atoms with Gasteiger partial charge in [-0.25, -0.2) is 0 Å². The Hall–Kier alpha value is -0.583. The number of hydrogen-bond acceptors (Lipinski definition) is 1. The molecule has 0 fully saturated rings. The van der Waals surface area contributed by atoms with Gasteiger partial charge in [-0.3, -0.25) is 0 Å². The van der Waals surface area contributed by atoms with Gasteiger partial charge in [-0.2, -0.15) is 0 Å². The Morgan fingerprint density at radius 1 is 1.09 bits per heavy atom. The summed E-state index contributed by atoms with van der Waals surface area (Å²) in [6.45, 7) is 0. The second-order valence-electron chi connectivity index (χ2n) is 2.44. The van der Waals surface area contributed by atoms with Crippen molar-refractivity contribution >= 4 is 11.4 Å². The van der Waals surface area contributed by atoms with Crippen molar-refractivity contribution < 1.29 is 18.9 Å². The number of anilines is 1. The summed E-state index contributed by atoms with van der Waals surface area (Å²) in [5.74, 6) is 0. The van der Waals surface area contributed by atoms with Crippen molar-refractivity contribution in [2.75, 3.05) is 19.0 Å². The van der Waals surface area contributed by atoms with E-state index < -0.39 is 0 Å². The van der Waals surface area contributed by atoms with Gasteiger partial charge in [-0.05, 0) is 12.1 Å². The molecule has 0 aliphatic rings. The van der Waals surface area contributed by atoms with E-state index >= 15 is 0 Å². The van der Waals surface area contributed by atoms with Crippen LogP contribution < -0.4 is 23.8 Å². The molecule has 54 valence electrons. The van der Waals surface area contributed by atoms with E-state index in [2.05, 4.69) is 0 Å². The number of nitrogens with one attached hydrogen (secondary N) is 1. The smallest absolute Gasteiger partial charge is 0.699 e. The molecule has 0 aromatic heterocycles. The topological polar surface area (TPSA) is 27.0 Å². The van der Waals surface area contributed by atoms with Gasteiger partial charge in [0.05, 0.1) is 0 Å². The minimum atomic E-state index is 0. The first-order chi connectivity index (χ1) is 4.70. The van der Waals surface area contributed by atoms with Crippen LogP contribution in [0.15, 0.2) is 24.3 Å².